The van der Waals surface area contributed by atoms with E-state index in [1.54, 1.807) is 18.2 Å². The van der Waals surface area contributed by atoms with E-state index < -0.39 is 29.9 Å². The lowest BCUT2D eigenvalue weighted by atomic mass is 10.2. The van der Waals surface area contributed by atoms with Crippen LogP contribution in [0.3, 0.4) is 0 Å². The number of halogens is 1. The second-order valence-corrected chi connectivity index (χ2v) is 4.56. The maximum atomic E-state index is 11.9. The van der Waals surface area contributed by atoms with Crippen molar-refractivity contribution in [3.63, 3.8) is 0 Å². The quantitative estimate of drug-likeness (QED) is 0.788. The molecule has 0 radical (unpaired) electrons. The van der Waals surface area contributed by atoms with Gasteiger partial charge in [-0.25, -0.2) is 4.79 Å². The highest BCUT2D eigenvalue weighted by Crippen LogP contribution is 2.14. The van der Waals surface area contributed by atoms with Gasteiger partial charge in [0.1, 0.15) is 6.04 Å². The number of hydrogen-bond donors (Lipinski definition) is 2. The lowest BCUT2D eigenvalue weighted by Crippen LogP contribution is -2.42. The highest BCUT2D eigenvalue weighted by Gasteiger charge is 2.22. The molecule has 0 aliphatic rings. The largest absolute Gasteiger partial charge is 0.451 e. The molecule has 0 aliphatic carbocycles. The number of primary amides is 1. The van der Waals surface area contributed by atoms with Crippen molar-refractivity contribution in [1.29, 1.82) is 0 Å². The van der Waals surface area contributed by atoms with Crippen LogP contribution in [0.2, 0.25) is 5.02 Å². The maximum absolute atomic E-state index is 11.9. The predicted molar refractivity (Wildman–Crippen MR) is 73.1 cm³/mol. The fraction of sp³-hybridized carbons (Fsp3) is 0.308. The van der Waals surface area contributed by atoms with Gasteiger partial charge in [0, 0.05) is 0 Å². The molecule has 0 bridgehead atoms. The summed E-state index contributed by atoms with van der Waals surface area (Å²) in [6.45, 7) is 2.79. The average Bonchev–Trinajstić information content (AvgIpc) is 2.38. The summed E-state index contributed by atoms with van der Waals surface area (Å²) in [5, 5.41) is 2.71. The molecule has 7 heteroatoms. The molecule has 0 heterocycles. The third kappa shape index (κ3) is 4.24. The predicted octanol–water partition coefficient (Wildman–Crippen LogP) is 0.875. The van der Waals surface area contributed by atoms with Gasteiger partial charge in [0.15, 0.2) is 6.10 Å². The summed E-state index contributed by atoms with van der Waals surface area (Å²) in [7, 11) is 0. The molecule has 6 nitrogen and oxygen atoms in total. The minimum atomic E-state index is -1.05. The zero-order valence-corrected chi connectivity index (χ0v) is 11.8. The Morgan fingerprint density at radius 3 is 2.40 bits per heavy atom. The summed E-state index contributed by atoms with van der Waals surface area (Å²) < 4.78 is 4.78. The van der Waals surface area contributed by atoms with Crippen LogP contribution in [-0.4, -0.2) is 29.9 Å². The first-order chi connectivity index (χ1) is 9.32. The number of carbonyl (C=O) groups is 3. The van der Waals surface area contributed by atoms with E-state index >= 15 is 0 Å². The normalized spacial score (nSPS) is 13.2. The van der Waals surface area contributed by atoms with Crippen LogP contribution in [-0.2, 0) is 14.3 Å². The van der Waals surface area contributed by atoms with Crippen LogP contribution >= 0.6 is 11.6 Å². The van der Waals surface area contributed by atoms with Crippen LogP contribution < -0.4 is 11.1 Å². The van der Waals surface area contributed by atoms with Gasteiger partial charge >= 0.3 is 5.97 Å². The molecular weight excluding hydrogens is 284 g/mol. The van der Waals surface area contributed by atoms with Gasteiger partial charge < -0.3 is 15.8 Å². The van der Waals surface area contributed by atoms with E-state index in [0.717, 1.165) is 0 Å². The maximum Gasteiger partial charge on any atom is 0.329 e. The van der Waals surface area contributed by atoms with Crippen molar-refractivity contribution in [2.75, 3.05) is 0 Å². The van der Waals surface area contributed by atoms with Gasteiger partial charge in [0.25, 0.3) is 11.8 Å². The summed E-state index contributed by atoms with van der Waals surface area (Å²) >= 11 is 5.87. The van der Waals surface area contributed by atoms with Crippen molar-refractivity contribution in [3.8, 4) is 0 Å². The molecule has 1 rings (SSSR count). The van der Waals surface area contributed by atoms with Gasteiger partial charge in [0.05, 0.1) is 10.6 Å². The van der Waals surface area contributed by atoms with Gasteiger partial charge in [-0.2, -0.15) is 0 Å². The Morgan fingerprint density at radius 1 is 1.25 bits per heavy atom. The van der Waals surface area contributed by atoms with Crippen LogP contribution in [0.4, 0.5) is 0 Å². The number of carbonyl (C=O) groups excluding carboxylic acids is 3. The molecule has 0 saturated carbocycles. The standard InChI is InChI=1S/C13H15ClN2O4/c1-7(13(19)20-8(2)11(15)17)16-12(18)9-5-3-4-6-10(9)14/h3-8H,1-2H3,(H2,15,17)(H,16,18)/t7-,8?/m0/s1. The first-order valence-corrected chi connectivity index (χ1v) is 6.26. The molecule has 1 unspecified atom stereocenters. The zero-order valence-electron chi connectivity index (χ0n) is 11.1. The van der Waals surface area contributed by atoms with Crippen molar-refractivity contribution < 1.29 is 19.1 Å². The molecule has 3 N–H and O–H groups in total. The Morgan fingerprint density at radius 2 is 1.85 bits per heavy atom. The van der Waals surface area contributed by atoms with Crippen LogP contribution in [0.25, 0.3) is 0 Å². The Hall–Kier alpha value is -2.08. The number of hydrogen-bond acceptors (Lipinski definition) is 4. The van der Waals surface area contributed by atoms with Gasteiger partial charge in [-0.05, 0) is 26.0 Å². The molecule has 2 atom stereocenters. The fourth-order valence-electron chi connectivity index (χ4n) is 1.31. The number of esters is 1. The lowest BCUT2D eigenvalue weighted by Gasteiger charge is -2.16. The minimum absolute atomic E-state index is 0.247. The highest BCUT2D eigenvalue weighted by molar-refractivity contribution is 6.33. The van der Waals surface area contributed by atoms with Crippen molar-refractivity contribution in [2.45, 2.75) is 26.0 Å². The van der Waals surface area contributed by atoms with Crippen molar-refractivity contribution in [2.24, 2.45) is 5.73 Å². The Labute approximate surface area is 121 Å². The second-order valence-electron chi connectivity index (χ2n) is 4.16. The summed E-state index contributed by atoms with van der Waals surface area (Å²) in [5.74, 6) is -2.02. The van der Waals surface area contributed by atoms with Crippen molar-refractivity contribution >= 4 is 29.4 Å². The summed E-state index contributed by atoms with van der Waals surface area (Å²) in [5.41, 5.74) is 5.22. The number of rotatable bonds is 5. The van der Waals surface area contributed by atoms with E-state index in [4.69, 9.17) is 22.1 Å². The minimum Gasteiger partial charge on any atom is -0.451 e. The molecule has 0 aromatic heterocycles. The Balaban J connectivity index is 2.64. The number of benzene rings is 1. The van der Waals surface area contributed by atoms with E-state index in [0.29, 0.717) is 0 Å². The van der Waals surface area contributed by atoms with Crippen LogP contribution in [0, 0.1) is 0 Å². The molecule has 1 aromatic carbocycles. The topological polar surface area (TPSA) is 98.5 Å². The molecule has 1 aromatic rings. The van der Waals surface area contributed by atoms with Crippen LogP contribution in [0.1, 0.15) is 24.2 Å². The van der Waals surface area contributed by atoms with E-state index in [9.17, 15) is 14.4 Å². The highest BCUT2D eigenvalue weighted by atomic mass is 35.5. The van der Waals surface area contributed by atoms with E-state index in [1.807, 2.05) is 0 Å². The number of nitrogens with one attached hydrogen (secondary N) is 1. The molecule has 20 heavy (non-hydrogen) atoms. The second kappa shape index (κ2) is 6.91. The molecule has 0 fully saturated rings. The van der Waals surface area contributed by atoms with E-state index in [2.05, 4.69) is 5.32 Å². The van der Waals surface area contributed by atoms with Crippen LogP contribution in [0.15, 0.2) is 24.3 Å². The van der Waals surface area contributed by atoms with Gasteiger partial charge in [-0.3, -0.25) is 9.59 Å². The Kier molecular flexibility index (Phi) is 5.52. The first-order valence-electron chi connectivity index (χ1n) is 5.88. The van der Waals surface area contributed by atoms with Gasteiger partial charge in [0.2, 0.25) is 0 Å². The molecule has 0 spiro atoms. The molecule has 2 amide bonds. The lowest BCUT2D eigenvalue weighted by molar-refractivity contribution is -0.155. The van der Waals surface area contributed by atoms with E-state index in [1.165, 1.54) is 19.9 Å². The monoisotopic (exact) mass is 298 g/mol. The van der Waals surface area contributed by atoms with Crippen molar-refractivity contribution in [3.05, 3.63) is 34.9 Å². The number of nitrogens with two attached hydrogens (primary N) is 1. The molecular formula is C13H15ClN2O4. The summed E-state index contributed by atoms with van der Waals surface area (Å²) in [4.78, 5) is 34.3. The third-order valence-corrected chi connectivity index (χ3v) is 2.84. The third-order valence-electron chi connectivity index (χ3n) is 2.51. The number of ether oxygens (including phenoxy) is 1. The van der Waals surface area contributed by atoms with Gasteiger partial charge in [-0.1, -0.05) is 23.7 Å². The molecule has 0 aliphatic heterocycles. The zero-order chi connectivity index (χ0) is 15.3. The number of amides is 2. The van der Waals surface area contributed by atoms with Crippen LogP contribution in [0.5, 0.6) is 0 Å². The average molecular weight is 299 g/mol. The Bertz CT molecular complexity index is 533. The summed E-state index contributed by atoms with van der Waals surface area (Å²) in [6.07, 6.45) is -1.05. The SMILES string of the molecule is CC(OC(=O)[C@H](C)NC(=O)c1ccccc1Cl)C(N)=O. The molecule has 0 saturated heterocycles. The smallest absolute Gasteiger partial charge is 0.329 e. The fourth-order valence-corrected chi connectivity index (χ4v) is 1.53. The molecule has 108 valence electrons. The first kappa shape index (κ1) is 16.0. The van der Waals surface area contributed by atoms with E-state index in [-0.39, 0.29) is 10.6 Å². The van der Waals surface area contributed by atoms with Gasteiger partial charge in [-0.15, -0.1) is 0 Å². The summed E-state index contributed by atoms with van der Waals surface area (Å²) in [6, 6.07) is 5.50. The van der Waals surface area contributed by atoms with Crippen molar-refractivity contribution in [1.82, 2.24) is 5.32 Å².